The summed E-state index contributed by atoms with van der Waals surface area (Å²) in [6, 6.07) is 7.66. The van der Waals surface area contributed by atoms with Gasteiger partial charge in [0.2, 0.25) is 5.91 Å². The SMILES string of the molecule is CC(=O)N1CCN(Cc2ccccc2CC(=O)O)CC1. The fraction of sp³-hybridized carbons (Fsp3) is 0.467. The van der Waals surface area contributed by atoms with E-state index in [1.807, 2.05) is 29.2 Å². The first-order chi connectivity index (χ1) is 9.56. The lowest BCUT2D eigenvalue weighted by molar-refractivity contribution is -0.136. The maximum absolute atomic E-state index is 11.3. The van der Waals surface area contributed by atoms with Crippen molar-refractivity contribution in [3.63, 3.8) is 0 Å². The van der Waals surface area contributed by atoms with Crippen LogP contribution >= 0.6 is 0 Å². The summed E-state index contributed by atoms with van der Waals surface area (Å²) in [5.74, 6) is -0.685. The summed E-state index contributed by atoms with van der Waals surface area (Å²) in [6.45, 7) is 5.50. The fourth-order valence-electron chi connectivity index (χ4n) is 2.51. The van der Waals surface area contributed by atoms with Gasteiger partial charge in [0.15, 0.2) is 0 Å². The minimum absolute atomic E-state index is 0.0591. The number of carbonyl (C=O) groups is 2. The Morgan fingerprint density at radius 1 is 1.10 bits per heavy atom. The predicted octanol–water partition coefficient (Wildman–Crippen LogP) is 0.978. The highest BCUT2D eigenvalue weighted by Crippen LogP contribution is 2.14. The number of carboxylic acid groups (broad SMARTS) is 1. The van der Waals surface area contributed by atoms with Gasteiger partial charge in [0.1, 0.15) is 0 Å². The Labute approximate surface area is 118 Å². The van der Waals surface area contributed by atoms with Crippen LogP contribution in [0.25, 0.3) is 0 Å². The molecule has 5 heteroatoms. The Hall–Kier alpha value is -1.88. The van der Waals surface area contributed by atoms with Gasteiger partial charge in [0.05, 0.1) is 6.42 Å². The van der Waals surface area contributed by atoms with Crippen LogP contribution in [0, 0.1) is 0 Å². The van der Waals surface area contributed by atoms with Crippen molar-refractivity contribution in [1.82, 2.24) is 9.80 Å². The molecule has 1 aliphatic heterocycles. The second-order valence-corrected chi connectivity index (χ2v) is 5.12. The molecule has 1 heterocycles. The zero-order valence-corrected chi connectivity index (χ0v) is 11.7. The smallest absolute Gasteiger partial charge is 0.307 e. The number of hydrogen-bond acceptors (Lipinski definition) is 3. The van der Waals surface area contributed by atoms with E-state index in [-0.39, 0.29) is 12.3 Å². The van der Waals surface area contributed by atoms with Crippen molar-refractivity contribution >= 4 is 11.9 Å². The van der Waals surface area contributed by atoms with Gasteiger partial charge in [-0.3, -0.25) is 14.5 Å². The number of piperazine rings is 1. The maximum atomic E-state index is 11.3. The fourth-order valence-corrected chi connectivity index (χ4v) is 2.51. The van der Waals surface area contributed by atoms with Gasteiger partial charge in [-0.1, -0.05) is 24.3 Å². The Bertz CT molecular complexity index is 494. The second kappa shape index (κ2) is 6.52. The molecule has 0 bridgehead atoms. The average Bonchev–Trinajstić information content (AvgIpc) is 2.41. The summed E-state index contributed by atoms with van der Waals surface area (Å²) in [6.07, 6.45) is 0.0591. The van der Waals surface area contributed by atoms with Gasteiger partial charge in [0.25, 0.3) is 0 Å². The lowest BCUT2D eigenvalue weighted by Gasteiger charge is -2.34. The Morgan fingerprint density at radius 3 is 2.25 bits per heavy atom. The number of carbonyl (C=O) groups excluding carboxylic acids is 1. The van der Waals surface area contributed by atoms with E-state index in [1.165, 1.54) is 0 Å². The molecule has 1 N–H and O–H groups in total. The number of aliphatic carboxylic acids is 1. The van der Waals surface area contributed by atoms with Crippen molar-refractivity contribution in [2.75, 3.05) is 26.2 Å². The normalized spacial score (nSPS) is 16.1. The van der Waals surface area contributed by atoms with Crippen molar-refractivity contribution in [2.45, 2.75) is 19.9 Å². The van der Waals surface area contributed by atoms with Crippen LogP contribution in [-0.4, -0.2) is 53.0 Å². The molecular formula is C15H20N2O3. The minimum atomic E-state index is -0.807. The molecule has 1 amide bonds. The number of benzene rings is 1. The molecule has 1 saturated heterocycles. The highest BCUT2D eigenvalue weighted by Gasteiger charge is 2.19. The molecule has 20 heavy (non-hydrogen) atoms. The van der Waals surface area contributed by atoms with Gasteiger partial charge in [-0.25, -0.2) is 0 Å². The molecule has 1 aliphatic rings. The topological polar surface area (TPSA) is 60.9 Å². The van der Waals surface area contributed by atoms with Crippen molar-refractivity contribution in [3.05, 3.63) is 35.4 Å². The number of rotatable bonds is 4. The second-order valence-electron chi connectivity index (χ2n) is 5.12. The quantitative estimate of drug-likeness (QED) is 0.890. The molecule has 0 unspecified atom stereocenters. The number of nitrogens with zero attached hydrogens (tertiary/aromatic N) is 2. The van der Waals surface area contributed by atoms with E-state index in [1.54, 1.807) is 6.92 Å². The molecule has 0 aromatic heterocycles. The third-order valence-corrected chi connectivity index (χ3v) is 3.67. The first-order valence-corrected chi connectivity index (χ1v) is 6.82. The molecule has 0 spiro atoms. The number of amides is 1. The van der Waals surface area contributed by atoms with Gasteiger partial charge in [0, 0.05) is 39.6 Å². The summed E-state index contributed by atoms with van der Waals surface area (Å²) in [5, 5.41) is 8.94. The lowest BCUT2D eigenvalue weighted by Crippen LogP contribution is -2.47. The van der Waals surface area contributed by atoms with Crippen LogP contribution in [0.4, 0.5) is 0 Å². The van der Waals surface area contributed by atoms with Crippen LogP contribution in [0.1, 0.15) is 18.1 Å². The zero-order chi connectivity index (χ0) is 14.5. The van der Waals surface area contributed by atoms with Crippen molar-refractivity contribution in [2.24, 2.45) is 0 Å². The third-order valence-electron chi connectivity index (χ3n) is 3.67. The molecule has 0 atom stereocenters. The van der Waals surface area contributed by atoms with Crippen LogP contribution in [0.2, 0.25) is 0 Å². The molecule has 108 valence electrons. The largest absolute Gasteiger partial charge is 0.481 e. The summed E-state index contributed by atoms with van der Waals surface area (Å²) in [7, 11) is 0. The molecule has 1 aromatic carbocycles. The Balaban J connectivity index is 1.97. The van der Waals surface area contributed by atoms with E-state index in [9.17, 15) is 9.59 Å². The van der Waals surface area contributed by atoms with Crippen LogP contribution in [0.15, 0.2) is 24.3 Å². The Morgan fingerprint density at radius 2 is 1.70 bits per heavy atom. The first kappa shape index (κ1) is 14.5. The predicted molar refractivity (Wildman–Crippen MR) is 75.3 cm³/mol. The van der Waals surface area contributed by atoms with Gasteiger partial charge in [-0.05, 0) is 11.1 Å². The molecule has 1 fully saturated rings. The Kier molecular flexibility index (Phi) is 4.74. The van der Waals surface area contributed by atoms with Gasteiger partial charge in [-0.15, -0.1) is 0 Å². The lowest BCUT2D eigenvalue weighted by atomic mass is 10.0. The zero-order valence-electron chi connectivity index (χ0n) is 11.7. The van der Waals surface area contributed by atoms with E-state index in [0.717, 1.165) is 43.9 Å². The highest BCUT2D eigenvalue weighted by atomic mass is 16.4. The van der Waals surface area contributed by atoms with Crippen molar-refractivity contribution in [1.29, 1.82) is 0 Å². The average molecular weight is 276 g/mol. The van der Waals surface area contributed by atoms with E-state index in [0.29, 0.717) is 0 Å². The third kappa shape index (κ3) is 3.81. The molecule has 5 nitrogen and oxygen atoms in total. The molecule has 2 rings (SSSR count). The minimum Gasteiger partial charge on any atom is -0.481 e. The van der Waals surface area contributed by atoms with E-state index in [4.69, 9.17) is 5.11 Å². The van der Waals surface area contributed by atoms with Crippen molar-refractivity contribution in [3.8, 4) is 0 Å². The van der Waals surface area contributed by atoms with Gasteiger partial charge in [-0.2, -0.15) is 0 Å². The summed E-state index contributed by atoms with van der Waals surface area (Å²) < 4.78 is 0. The monoisotopic (exact) mass is 276 g/mol. The molecule has 1 aromatic rings. The first-order valence-electron chi connectivity index (χ1n) is 6.82. The van der Waals surface area contributed by atoms with E-state index in [2.05, 4.69) is 4.90 Å². The summed E-state index contributed by atoms with van der Waals surface area (Å²) >= 11 is 0. The van der Waals surface area contributed by atoms with Crippen LogP contribution in [0.5, 0.6) is 0 Å². The standard InChI is InChI=1S/C15H20N2O3/c1-12(18)17-8-6-16(7-9-17)11-14-5-3-2-4-13(14)10-15(19)20/h2-5H,6-11H2,1H3,(H,19,20). The summed E-state index contributed by atoms with van der Waals surface area (Å²) in [4.78, 5) is 26.3. The van der Waals surface area contributed by atoms with Gasteiger partial charge < -0.3 is 10.0 Å². The van der Waals surface area contributed by atoms with Gasteiger partial charge >= 0.3 is 5.97 Å². The molecular weight excluding hydrogens is 256 g/mol. The van der Waals surface area contributed by atoms with E-state index < -0.39 is 5.97 Å². The van der Waals surface area contributed by atoms with Crippen LogP contribution < -0.4 is 0 Å². The van der Waals surface area contributed by atoms with Crippen LogP contribution in [-0.2, 0) is 22.6 Å². The number of hydrogen-bond donors (Lipinski definition) is 1. The molecule has 0 aliphatic carbocycles. The van der Waals surface area contributed by atoms with Crippen molar-refractivity contribution < 1.29 is 14.7 Å². The van der Waals surface area contributed by atoms with E-state index >= 15 is 0 Å². The summed E-state index contributed by atoms with van der Waals surface area (Å²) in [5.41, 5.74) is 1.93. The molecule has 0 saturated carbocycles. The van der Waals surface area contributed by atoms with Crippen LogP contribution in [0.3, 0.4) is 0 Å². The highest BCUT2D eigenvalue weighted by molar-refractivity contribution is 5.73. The number of carboxylic acids is 1. The molecule has 0 radical (unpaired) electrons. The maximum Gasteiger partial charge on any atom is 0.307 e.